The third kappa shape index (κ3) is 4.84. The van der Waals surface area contributed by atoms with Crippen LogP contribution < -0.4 is 10.1 Å². The Morgan fingerprint density at radius 1 is 1.16 bits per heavy atom. The molecule has 0 heterocycles. The van der Waals surface area contributed by atoms with Gasteiger partial charge >= 0.3 is 0 Å². The monoisotopic (exact) mass is 367 g/mol. The van der Waals surface area contributed by atoms with Crippen molar-refractivity contribution in [2.24, 2.45) is 0 Å². The molecular formula is C18H19F2NO3S. The highest BCUT2D eigenvalue weighted by molar-refractivity contribution is 7.79. The van der Waals surface area contributed by atoms with Crippen molar-refractivity contribution in [2.75, 3.05) is 0 Å². The lowest BCUT2D eigenvalue weighted by Crippen LogP contribution is -2.43. The van der Waals surface area contributed by atoms with Crippen LogP contribution in [0.5, 0.6) is 5.75 Å². The SMILES string of the molecule is O=S(O)c1ccc(OC2CC(F)(F)C2)cc1CNCc1ccccc1. The van der Waals surface area contributed by atoms with E-state index in [4.69, 9.17) is 4.74 Å². The first kappa shape index (κ1) is 18.0. The standard InChI is InChI=1S/C18H19F2NO3S/c19-18(20)9-16(10-18)24-15-6-7-17(25(22)23)14(8-15)12-21-11-13-4-2-1-3-5-13/h1-8,16,21H,9-12H2,(H,22,23). The largest absolute Gasteiger partial charge is 0.490 e. The van der Waals surface area contributed by atoms with Gasteiger partial charge in [0.1, 0.15) is 11.9 Å². The third-order valence-electron chi connectivity index (χ3n) is 4.06. The summed E-state index contributed by atoms with van der Waals surface area (Å²) < 4.78 is 52.3. The van der Waals surface area contributed by atoms with Gasteiger partial charge in [0.15, 0.2) is 11.1 Å². The molecule has 0 saturated heterocycles. The van der Waals surface area contributed by atoms with E-state index < -0.39 is 23.1 Å². The van der Waals surface area contributed by atoms with Crippen molar-refractivity contribution in [1.29, 1.82) is 0 Å². The predicted molar refractivity (Wildman–Crippen MR) is 91.1 cm³/mol. The lowest BCUT2D eigenvalue weighted by Gasteiger charge is -2.34. The molecule has 1 saturated carbocycles. The first-order valence-corrected chi connectivity index (χ1v) is 9.06. The topological polar surface area (TPSA) is 58.6 Å². The van der Waals surface area contributed by atoms with E-state index in [2.05, 4.69) is 5.32 Å². The van der Waals surface area contributed by atoms with Gasteiger partial charge < -0.3 is 14.6 Å². The minimum absolute atomic E-state index is 0.284. The van der Waals surface area contributed by atoms with Gasteiger partial charge in [0.2, 0.25) is 0 Å². The number of halogens is 2. The molecule has 7 heteroatoms. The molecule has 25 heavy (non-hydrogen) atoms. The summed E-state index contributed by atoms with van der Waals surface area (Å²) in [5.74, 6) is -2.21. The minimum atomic E-state index is -2.64. The Labute approximate surface area is 147 Å². The van der Waals surface area contributed by atoms with E-state index in [1.807, 2.05) is 30.3 Å². The predicted octanol–water partition coefficient (Wildman–Crippen LogP) is 3.73. The van der Waals surface area contributed by atoms with Crippen LogP contribution in [0.4, 0.5) is 8.78 Å². The van der Waals surface area contributed by atoms with Gasteiger partial charge in [0.25, 0.3) is 5.92 Å². The zero-order valence-corrected chi connectivity index (χ0v) is 14.3. The van der Waals surface area contributed by atoms with Crippen molar-refractivity contribution in [3.8, 4) is 5.75 Å². The number of alkyl halides is 2. The molecule has 2 N–H and O–H groups in total. The van der Waals surface area contributed by atoms with Crippen molar-refractivity contribution in [2.45, 2.75) is 42.9 Å². The molecule has 1 aliphatic carbocycles. The highest BCUT2D eigenvalue weighted by Crippen LogP contribution is 2.40. The molecule has 0 aliphatic heterocycles. The Hall–Kier alpha value is -1.83. The molecule has 0 spiro atoms. The summed E-state index contributed by atoms with van der Waals surface area (Å²) in [6.45, 7) is 0.979. The van der Waals surface area contributed by atoms with Crippen molar-refractivity contribution >= 4 is 11.1 Å². The Morgan fingerprint density at radius 2 is 1.88 bits per heavy atom. The highest BCUT2D eigenvalue weighted by Gasteiger charge is 2.47. The van der Waals surface area contributed by atoms with Crippen LogP contribution in [0.1, 0.15) is 24.0 Å². The molecule has 0 aromatic heterocycles. The average Bonchev–Trinajstić information content (AvgIpc) is 2.54. The molecular weight excluding hydrogens is 348 g/mol. The summed E-state index contributed by atoms with van der Waals surface area (Å²) in [5.41, 5.74) is 1.71. The molecule has 2 aromatic rings. The molecule has 4 nitrogen and oxygen atoms in total. The van der Waals surface area contributed by atoms with E-state index in [1.165, 1.54) is 6.07 Å². The molecule has 3 rings (SSSR count). The fraction of sp³-hybridized carbons (Fsp3) is 0.333. The van der Waals surface area contributed by atoms with Gasteiger partial charge in [-0.1, -0.05) is 30.3 Å². The van der Waals surface area contributed by atoms with Crippen LogP contribution in [0.2, 0.25) is 0 Å². The maximum absolute atomic E-state index is 12.9. The molecule has 1 atom stereocenters. The minimum Gasteiger partial charge on any atom is -0.490 e. The van der Waals surface area contributed by atoms with Crippen LogP contribution in [0.15, 0.2) is 53.4 Å². The quantitative estimate of drug-likeness (QED) is 0.732. The first-order valence-electron chi connectivity index (χ1n) is 7.96. The number of ether oxygens (including phenoxy) is 1. The van der Waals surface area contributed by atoms with Crippen LogP contribution in [0.3, 0.4) is 0 Å². The number of hydrogen-bond acceptors (Lipinski definition) is 3. The summed E-state index contributed by atoms with van der Waals surface area (Å²) in [7, 11) is 0. The first-order chi connectivity index (χ1) is 11.9. The second-order valence-electron chi connectivity index (χ2n) is 6.11. The smallest absolute Gasteiger partial charge is 0.255 e. The van der Waals surface area contributed by atoms with Crippen LogP contribution in [-0.2, 0) is 24.2 Å². The Morgan fingerprint density at radius 3 is 2.52 bits per heavy atom. The van der Waals surface area contributed by atoms with Crippen LogP contribution in [-0.4, -0.2) is 20.8 Å². The van der Waals surface area contributed by atoms with Crippen LogP contribution >= 0.6 is 0 Å². The molecule has 134 valence electrons. The van der Waals surface area contributed by atoms with Crippen molar-refractivity contribution in [1.82, 2.24) is 5.32 Å². The van der Waals surface area contributed by atoms with E-state index in [0.717, 1.165) is 5.56 Å². The molecule has 0 amide bonds. The zero-order chi connectivity index (χ0) is 17.9. The van der Waals surface area contributed by atoms with E-state index in [0.29, 0.717) is 24.4 Å². The molecule has 0 bridgehead atoms. The second-order valence-corrected chi connectivity index (χ2v) is 7.05. The summed E-state index contributed by atoms with van der Waals surface area (Å²) in [6, 6.07) is 14.5. The average molecular weight is 367 g/mol. The van der Waals surface area contributed by atoms with E-state index in [9.17, 15) is 17.5 Å². The molecule has 1 fully saturated rings. The highest BCUT2D eigenvalue weighted by atomic mass is 32.2. The normalized spacial score (nSPS) is 17.7. The summed E-state index contributed by atoms with van der Waals surface area (Å²) in [6.07, 6.45) is -1.09. The van der Waals surface area contributed by atoms with Gasteiger partial charge in [-0.05, 0) is 29.3 Å². The van der Waals surface area contributed by atoms with Crippen molar-refractivity contribution in [3.05, 3.63) is 59.7 Å². The van der Waals surface area contributed by atoms with Gasteiger partial charge in [-0.2, -0.15) is 0 Å². The Balaban J connectivity index is 1.65. The Bertz CT molecular complexity index is 747. The van der Waals surface area contributed by atoms with Crippen molar-refractivity contribution < 1.29 is 22.3 Å². The van der Waals surface area contributed by atoms with E-state index in [-0.39, 0.29) is 17.7 Å². The lowest BCUT2D eigenvalue weighted by molar-refractivity contribution is -0.134. The molecule has 1 unspecified atom stereocenters. The third-order valence-corrected chi connectivity index (χ3v) is 4.84. The zero-order valence-electron chi connectivity index (χ0n) is 13.5. The van der Waals surface area contributed by atoms with Crippen LogP contribution in [0.25, 0.3) is 0 Å². The van der Waals surface area contributed by atoms with Gasteiger partial charge in [-0.3, -0.25) is 0 Å². The summed E-state index contributed by atoms with van der Waals surface area (Å²) in [4.78, 5) is 0.284. The van der Waals surface area contributed by atoms with Gasteiger partial charge in [-0.15, -0.1) is 0 Å². The number of nitrogens with one attached hydrogen (secondary N) is 1. The molecule has 1 aliphatic rings. The fourth-order valence-corrected chi connectivity index (χ4v) is 3.30. The summed E-state index contributed by atoms with van der Waals surface area (Å²) >= 11 is -2.13. The van der Waals surface area contributed by atoms with Gasteiger partial charge in [0, 0.05) is 25.9 Å². The maximum Gasteiger partial charge on any atom is 0.255 e. The fourth-order valence-electron chi connectivity index (χ4n) is 2.76. The van der Waals surface area contributed by atoms with E-state index >= 15 is 0 Å². The van der Waals surface area contributed by atoms with Crippen molar-refractivity contribution in [3.63, 3.8) is 0 Å². The van der Waals surface area contributed by atoms with Gasteiger partial charge in [0.05, 0.1) is 4.90 Å². The maximum atomic E-state index is 12.9. The Kier molecular flexibility index (Phi) is 5.46. The number of rotatable bonds is 7. The van der Waals surface area contributed by atoms with E-state index in [1.54, 1.807) is 12.1 Å². The summed E-state index contributed by atoms with van der Waals surface area (Å²) in [5, 5.41) is 3.21. The number of hydrogen-bond donors (Lipinski definition) is 2. The van der Waals surface area contributed by atoms with Gasteiger partial charge in [-0.25, -0.2) is 13.0 Å². The number of benzene rings is 2. The molecule has 0 radical (unpaired) electrons. The molecule has 2 aromatic carbocycles. The second kappa shape index (κ2) is 7.59. The lowest BCUT2D eigenvalue weighted by atomic mass is 9.91. The van der Waals surface area contributed by atoms with Crippen LogP contribution in [0, 0.1) is 0 Å².